The van der Waals surface area contributed by atoms with E-state index in [0.29, 0.717) is 18.4 Å². The van der Waals surface area contributed by atoms with Crippen LogP contribution < -0.4 is 0 Å². The molecule has 4 heteroatoms. The van der Waals surface area contributed by atoms with Gasteiger partial charge >= 0.3 is 0 Å². The van der Waals surface area contributed by atoms with Crippen molar-refractivity contribution in [1.82, 2.24) is 4.31 Å². The third-order valence-corrected chi connectivity index (χ3v) is 6.54. The van der Waals surface area contributed by atoms with Crippen LogP contribution in [0.5, 0.6) is 0 Å². The molecular weight excluding hydrogens is 258 g/mol. The minimum Gasteiger partial charge on any atom is -0.212 e. The Bertz CT molecular complexity index is 400. The molecule has 0 atom stereocenters. The lowest BCUT2D eigenvalue weighted by Crippen LogP contribution is -2.54. The minimum atomic E-state index is -3.26. The molecule has 19 heavy (non-hydrogen) atoms. The lowest BCUT2D eigenvalue weighted by molar-refractivity contribution is 0.182. The first kappa shape index (κ1) is 17.0. The maximum Gasteiger partial charge on any atom is 0.219 e. The molecule has 3 nitrogen and oxygen atoms in total. The van der Waals surface area contributed by atoms with Crippen molar-refractivity contribution in [1.29, 1.82) is 0 Å². The van der Waals surface area contributed by atoms with Crippen LogP contribution in [0.4, 0.5) is 0 Å². The summed E-state index contributed by atoms with van der Waals surface area (Å²) in [4.78, 5) is 0. The van der Waals surface area contributed by atoms with Crippen molar-refractivity contribution >= 4 is 10.0 Å². The van der Waals surface area contributed by atoms with Crippen LogP contribution in [0.3, 0.4) is 0 Å². The first-order valence-corrected chi connectivity index (χ1v) is 8.84. The summed E-state index contributed by atoms with van der Waals surface area (Å²) in [5.41, 5.74) is -0.303. The molecule has 0 heterocycles. The van der Waals surface area contributed by atoms with Gasteiger partial charge in [0.15, 0.2) is 0 Å². The highest BCUT2D eigenvalue weighted by Gasteiger charge is 2.45. The molecule has 0 saturated heterocycles. The van der Waals surface area contributed by atoms with E-state index >= 15 is 0 Å². The van der Waals surface area contributed by atoms with Crippen LogP contribution >= 0.6 is 0 Å². The average molecular weight is 289 g/mol. The summed E-state index contributed by atoms with van der Waals surface area (Å²) in [7, 11) is -3.26. The Labute approximate surface area is 119 Å². The highest BCUT2D eigenvalue weighted by Crippen LogP contribution is 2.37. The molecule has 0 bridgehead atoms. The zero-order chi connectivity index (χ0) is 15.1. The largest absolute Gasteiger partial charge is 0.219 e. The van der Waals surface area contributed by atoms with Gasteiger partial charge in [0.2, 0.25) is 10.0 Å². The summed E-state index contributed by atoms with van der Waals surface area (Å²) < 4.78 is 26.8. The first-order chi connectivity index (χ1) is 8.38. The lowest BCUT2D eigenvalue weighted by Gasteiger charge is -2.42. The Morgan fingerprint density at radius 3 is 1.89 bits per heavy atom. The predicted molar refractivity (Wildman–Crippen MR) is 81.6 cm³/mol. The van der Waals surface area contributed by atoms with E-state index in [1.165, 1.54) is 12.8 Å². The second kappa shape index (κ2) is 5.36. The summed E-state index contributed by atoms with van der Waals surface area (Å²) in [5, 5.41) is 0. The highest BCUT2D eigenvalue weighted by atomic mass is 32.2. The van der Waals surface area contributed by atoms with Crippen LogP contribution in [-0.4, -0.2) is 29.6 Å². The van der Waals surface area contributed by atoms with Gasteiger partial charge in [0, 0.05) is 12.1 Å². The zero-order valence-electron chi connectivity index (χ0n) is 13.7. The van der Waals surface area contributed by atoms with Gasteiger partial charge in [-0.25, -0.2) is 8.42 Å². The molecule has 0 amide bonds. The number of hydrogen-bond donors (Lipinski definition) is 0. The van der Waals surface area contributed by atoms with Crippen molar-refractivity contribution in [2.24, 2.45) is 11.8 Å². The Kier molecular flexibility index (Phi) is 4.79. The van der Waals surface area contributed by atoms with Gasteiger partial charge in [0.05, 0.1) is 4.75 Å². The van der Waals surface area contributed by atoms with E-state index < -0.39 is 14.8 Å². The standard InChI is InChI=1S/C15H31NO2S/c1-12(2)10-15(6,7)16(11-13-8-9-13)19(17,18)14(3,4)5/h12-13H,8-11H2,1-7H3. The molecule has 0 aromatic carbocycles. The van der Waals surface area contributed by atoms with Gasteiger partial charge < -0.3 is 0 Å². The van der Waals surface area contributed by atoms with Crippen molar-refractivity contribution in [2.75, 3.05) is 6.54 Å². The van der Waals surface area contributed by atoms with Crippen LogP contribution in [0.25, 0.3) is 0 Å². The minimum absolute atomic E-state index is 0.303. The maximum atomic E-state index is 12.9. The lowest BCUT2D eigenvalue weighted by atomic mass is 9.92. The van der Waals surface area contributed by atoms with Gasteiger partial charge in [-0.05, 0) is 65.7 Å². The summed E-state index contributed by atoms with van der Waals surface area (Å²) >= 11 is 0. The number of sulfonamides is 1. The summed E-state index contributed by atoms with van der Waals surface area (Å²) in [6, 6.07) is 0. The molecule has 114 valence electrons. The summed E-state index contributed by atoms with van der Waals surface area (Å²) in [6.07, 6.45) is 3.25. The molecule has 0 N–H and O–H groups in total. The summed E-state index contributed by atoms with van der Waals surface area (Å²) in [6.45, 7) is 14.5. The van der Waals surface area contributed by atoms with Crippen LogP contribution in [0.15, 0.2) is 0 Å². The Hall–Kier alpha value is -0.0900. The topological polar surface area (TPSA) is 37.4 Å². The van der Waals surface area contributed by atoms with E-state index in [-0.39, 0.29) is 5.54 Å². The van der Waals surface area contributed by atoms with Gasteiger partial charge in [-0.15, -0.1) is 0 Å². The molecule has 0 aliphatic heterocycles. The quantitative estimate of drug-likeness (QED) is 0.748. The van der Waals surface area contributed by atoms with E-state index in [9.17, 15) is 8.42 Å². The van der Waals surface area contributed by atoms with Crippen LogP contribution in [0, 0.1) is 11.8 Å². The SMILES string of the molecule is CC(C)CC(C)(C)N(CC1CC1)S(=O)(=O)C(C)(C)C. The van der Waals surface area contributed by atoms with E-state index in [1.54, 1.807) is 25.1 Å². The number of nitrogens with zero attached hydrogens (tertiary/aromatic N) is 1. The third-order valence-electron chi connectivity index (χ3n) is 3.77. The zero-order valence-corrected chi connectivity index (χ0v) is 14.5. The van der Waals surface area contributed by atoms with Gasteiger partial charge in [0.25, 0.3) is 0 Å². The molecule has 0 unspecified atom stereocenters. The smallest absolute Gasteiger partial charge is 0.212 e. The van der Waals surface area contributed by atoms with E-state index in [0.717, 1.165) is 6.42 Å². The van der Waals surface area contributed by atoms with Crippen molar-refractivity contribution in [3.8, 4) is 0 Å². The van der Waals surface area contributed by atoms with E-state index in [4.69, 9.17) is 0 Å². The first-order valence-electron chi connectivity index (χ1n) is 7.40. The fourth-order valence-electron chi connectivity index (χ4n) is 2.64. The van der Waals surface area contributed by atoms with Crippen molar-refractivity contribution in [3.05, 3.63) is 0 Å². The van der Waals surface area contributed by atoms with Crippen LogP contribution in [-0.2, 0) is 10.0 Å². The monoisotopic (exact) mass is 289 g/mol. The Morgan fingerprint density at radius 1 is 1.11 bits per heavy atom. The molecule has 1 aliphatic carbocycles. The molecule has 0 aromatic heterocycles. The average Bonchev–Trinajstić information content (AvgIpc) is 2.92. The summed E-state index contributed by atoms with van der Waals surface area (Å²) in [5.74, 6) is 1.07. The van der Waals surface area contributed by atoms with E-state index in [1.807, 2.05) is 0 Å². The number of rotatable bonds is 6. The van der Waals surface area contributed by atoms with Gasteiger partial charge in [-0.2, -0.15) is 4.31 Å². The third kappa shape index (κ3) is 4.19. The number of hydrogen-bond acceptors (Lipinski definition) is 2. The molecule has 1 aliphatic rings. The second-order valence-electron chi connectivity index (χ2n) is 8.00. The molecule has 1 fully saturated rings. The Balaban J connectivity index is 3.07. The van der Waals surface area contributed by atoms with Gasteiger partial charge in [-0.1, -0.05) is 13.8 Å². The van der Waals surface area contributed by atoms with Crippen molar-refractivity contribution in [2.45, 2.75) is 78.0 Å². The van der Waals surface area contributed by atoms with Gasteiger partial charge in [0.1, 0.15) is 0 Å². The van der Waals surface area contributed by atoms with E-state index in [2.05, 4.69) is 27.7 Å². The fraction of sp³-hybridized carbons (Fsp3) is 1.00. The highest BCUT2D eigenvalue weighted by molar-refractivity contribution is 7.90. The normalized spacial score (nSPS) is 18.4. The Morgan fingerprint density at radius 2 is 1.58 bits per heavy atom. The molecular formula is C15H31NO2S. The molecule has 1 saturated carbocycles. The van der Waals surface area contributed by atoms with Crippen molar-refractivity contribution < 1.29 is 8.42 Å². The fourth-order valence-corrected chi connectivity index (χ4v) is 4.43. The molecule has 0 spiro atoms. The molecule has 0 radical (unpaired) electrons. The molecule has 1 rings (SSSR count). The molecule has 0 aromatic rings. The second-order valence-corrected chi connectivity index (χ2v) is 10.6. The van der Waals surface area contributed by atoms with Crippen molar-refractivity contribution in [3.63, 3.8) is 0 Å². The van der Waals surface area contributed by atoms with Gasteiger partial charge in [-0.3, -0.25) is 0 Å². The maximum absolute atomic E-state index is 12.9. The van der Waals surface area contributed by atoms with Crippen LogP contribution in [0.2, 0.25) is 0 Å². The van der Waals surface area contributed by atoms with Crippen LogP contribution in [0.1, 0.15) is 67.7 Å². The predicted octanol–water partition coefficient (Wildman–Crippen LogP) is 3.65.